The van der Waals surface area contributed by atoms with Gasteiger partial charge in [-0.3, -0.25) is 4.72 Å². The Morgan fingerprint density at radius 3 is 2.07 bits per heavy atom. The van der Waals surface area contributed by atoms with Crippen molar-refractivity contribution in [2.24, 2.45) is 0 Å². The molecular weight excluding hydrogens is 430 g/mol. The van der Waals surface area contributed by atoms with Crippen LogP contribution in [0.1, 0.15) is 10.4 Å². The number of nitrogens with one attached hydrogen (secondary N) is 1. The van der Waals surface area contributed by atoms with Crippen LogP contribution in [0.3, 0.4) is 0 Å². The molecule has 3 N–H and O–H groups in total. The summed E-state index contributed by atoms with van der Waals surface area (Å²) >= 11 is 0. The Labute approximate surface area is 173 Å². The van der Waals surface area contributed by atoms with Gasteiger partial charge in [-0.05, 0) is 35.4 Å². The van der Waals surface area contributed by atoms with Crippen molar-refractivity contribution in [2.75, 3.05) is 11.0 Å². The minimum absolute atomic E-state index is 0.123. The first-order valence-corrected chi connectivity index (χ1v) is 11.8. The lowest BCUT2D eigenvalue weighted by Crippen LogP contribution is -2.17. The monoisotopic (exact) mass is 447 g/mol. The molecule has 0 aliphatic carbocycles. The third-order valence-electron chi connectivity index (χ3n) is 4.22. The van der Waals surface area contributed by atoms with Gasteiger partial charge in [-0.25, -0.2) is 21.6 Å². The molecule has 30 heavy (non-hydrogen) atoms. The summed E-state index contributed by atoms with van der Waals surface area (Å²) in [5, 5.41) is 18.8. The normalized spacial score (nSPS) is 11.8. The van der Waals surface area contributed by atoms with Gasteiger partial charge in [0.2, 0.25) is 0 Å². The van der Waals surface area contributed by atoms with E-state index < -0.39 is 42.0 Å². The summed E-state index contributed by atoms with van der Waals surface area (Å²) in [5.41, 5.74) is 0.660. The van der Waals surface area contributed by atoms with Crippen molar-refractivity contribution in [3.63, 3.8) is 0 Å². The first kappa shape index (κ1) is 21.3. The van der Waals surface area contributed by atoms with E-state index in [1.165, 1.54) is 18.2 Å². The molecule has 0 saturated carbocycles. The Morgan fingerprint density at radius 2 is 1.50 bits per heavy atom. The maximum absolute atomic E-state index is 13.0. The highest BCUT2D eigenvalue weighted by atomic mass is 32.2. The number of sulfonamides is 1. The zero-order valence-electron chi connectivity index (χ0n) is 15.6. The van der Waals surface area contributed by atoms with Gasteiger partial charge in [-0.2, -0.15) is 0 Å². The smallest absolute Gasteiger partial charge is 0.339 e. The number of hydrogen-bond acceptors (Lipinski definition) is 6. The van der Waals surface area contributed by atoms with E-state index in [0.717, 1.165) is 24.5 Å². The molecule has 0 amide bonds. The molecule has 0 atom stereocenters. The molecule has 0 aliphatic heterocycles. The Morgan fingerprint density at radius 1 is 0.833 bits per heavy atom. The molecule has 0 aliphatic rings. The fourth-order valence-corrected chi connectivity index (χ4v) is 5.51. The molecule has 10 heteroatoms. The first-order chi connectivity index (χ1) is 14.0. The van der Waals surface area contributed by atoms with E-state index in [1.807, 2.05) is 0 Å². The van der Waals surface area contributed by atoms with Gasteiger partial charge in [0, 0.05) is 12.3 Å². The molecule has 0 saturated heterocycles. The van der Waals surface area contributed by atoms with Crippen molar-refractivity contribution in [3.8, 4) is 16.9 Å². The molecule has 0 spiro atoms. The molecular formula is C20H17NO7S2. The van der Waals surface area contributed by atoms with Gasteiger partial charge in [0.15, 0.2) is 9.84 Å². The zero-order chi connectivity index (χ0) is 22.1. The maximum Gasteiger partial charge on any atom is 0.339 e. The van der Waals surface area contributed by atoms with E-state index in [4.69, 9.17) is 5.11 Å². The van der Waals surface area contributed by atoms with E-state index in [9.17, 15) is 26.7 Å². The minimum atomic E-state index is -4.40. The number of carboxylic acids is 1. The van der Waals surface area contributed by atoms with Gasteiger partial charge in [0.25, 0.3) is 10.0 Å². The van der Waals surface area contributed by atoms with Crippen LogP contribution >= 0.6 is 0 Å². The number of benzene rings is 3. The van der Waals surface area contributed by atoms with Crippen molar-refractivity contribution >= 4 is 31.5 Å². The fraction of sp³-hybridized carbons (Fsp3) is 0.0500. The average Bonchev–Trinajstić information content (AvgIpc) is 2.67. The van der Waals surface area contributed by atoms with Crippen LogP contribution in [-0.2, 0) is 19.9 Å². The lowest BCUT2D eigenvalue weighted by molar-refractivity contribution is 0.0693. The van der Waals surface area contributed by atoms with Crippen LogP contribution in [0.25, 0.3) is 11.1 Å². The Hall–Kier alpha value is -3.37. The second-order valence-electron chi connectivity index (χ2n) is 6.44. The van der Waals surface area contributed by atoms with Crippen molar-refractivity contribution in [1.82, 2.24) is 0 Å². The van der Waals surface area contributed by atoms with Gasteiger partial charge in [-0.1, -0.05) is 36.4 Å². The van der Waals surface area contributed by atoms with E-state index in [1.54, 1.807) is 30.3 Å². The topological polar surface area (TPSA) is 138 Å². The molecule has 0 radical (unpaired) electrons. The summed E-state index contributed by atoms with van der Waals surface area (Å²) in [5.74, 6) is -2.01. The molecule has 0 aromatic heterocycles. The predicted octanol–water partition coefficient (Wildman–Crippen LogP) is 2.96. The number of hydrogen-bond donors (Lipinski definition) is 3. The van der Waals surface area contributed by atoms with Crippen molar-refractivity contribution < 1.29 is 31.8 Å². The highest BCUT2D eigenvalue weighted by molar-refractivity contribution is 7.95. The summed E-state index contributed by atoms with van der Waals surface area (Å²) in [6, 6.07) is 15.9. The van der Waals surface area contributed by atoms with E-state index in [-0.39, 0.29) is 10.6 Å². The Balaban J connectivity index is 2.12. The molecule has 0 unspecified atom stereocenters. The molecule has 3 rings (SSSR count). The van der Waals surface area contributed by atoms with E-state index in [0.29, 0.717) is 11.1 Å². The highest BCUT2D eigenvalue weighted by Crippen LogP contribution is 2.30. The molecule has 8 nitrogen and oxygen atoms in total. The van der Waals surface area contributed by atoms with Gasteiger partial charge in [0.05, 0.1) is 10.6 Å². The lowest BCUT2D eigenvalue weighted by Gasteiger charge is -2.14. The predicted molar refractivity (Wildman–Crippen MR) is 111 cm³/mol. The van der Waals surface area contributed by atoms with E-state index >= 15 is 0 Å². The highest BCUT2D eigenvalue weighted by Gasteiger charge is 2.25. The molecule has 0 heterocycles. The SMILES string of the molecule is CS(=O)(=O)c1ccc(-c2ccccc2)cc1S(=O)(=O)Nc1ccc(C(=O)O)c(O)c1. The van der Waals surface area contributed by atoms with Crippen LogP contribution in [-0.4, -0.2) is 39.3 Å². The largest absolute Gasteiger partial charge is 0.507 e. The minimum Gasteiger partial charge on any atom is -0.507 e. The van der Waals surface area contributed by atoms with Crippen molar-refractivity contribution in [1.29, 1.82) is 0 Å². The van der Waals surface area contributed by atoms with Gasteiger partial charge in [-0.15, -0.1) is 0 Å². The van der Waals surface area contributed by atoms with Crippen molar-refractivity contribution in [2.45, 2.75) is 9.79 Å². The van der Waals surface area contributed by atoms with Gasteiger partial charge >= 0.3 is 5.97 Å². The number of carbonyl (C=O) groups is 1. The standard InChI is InChI=1S/C20H17NO7S2/c1-29(25,26)18-10-7-14(13-5-3-2-4-6-13)11-19(18)30(27,28)21-15-8-9-16(20(23)24)17(22)12-15/h2-12,21-22H,1H3,(H,23,24). The van der Waals surface area contributed by atoms with Crippen LogP contribution in [0.15, 0.2) is 76.5 Å². The van der Waals surface area contributed by atoms with Crippen LogP contribution in [0.5, 0.6) is 5.75 Å². The van der Waals surface area contributed by atoms with Crippen molar-refractivity contribution in [3.05, 3.63) is 72.3 Å². The summed E-state index contributed by atoms with van der Waals surface area (Å²) in [4.78, 5) is 10.1. The molecule has 3 aromatic rings. The van der Waals surface area contributed by atoms with Crippen LogP contribution in [0.4, 0.5) is 5.69 Å². The number of phenols is 1. The quantitative estimate of drug-likeness (QED) is 0.528. The van der Waals surface area contributed by atoms with Crippen LogP contribution in [0, 0.1) is 0 Å². The third-order valence-corrected chi connectivity index (χ3v) is 6.93. The lowest BCUT2D eigenvalue weighted by atomic mass is 10.1. The number of carboxylic acid groups (broad SMARTS) is 1. The Bertz CT molecular complexity index is 1330. The molecule has 156 valence electrons. The van der Waals surface area contributed by atoms with Crippen LogP contribution < -0.4 is 4.72 Å². The number of rotatable bonds is 6. The molecule has 3 aromatic carbocycles. The summed E-state index contributed by atoms with van der Waals surface area (Å²) in [6.07, 6.45) is 0.900. The summed E-state index contributed by atoms with van der Waals surface area (Å²) in [7, 11) is -8.28. The van der Waals surface area contributed by atoms with Gasteiger partial charge in [0.1, 0.15) is 16.2 Å². The summed E-state index contributed by atoms with van der Waals surface area (Å²) < 4.78 is 52.6. The van der Waals surface area contributed by atoms with Crippen LogP contribution in [0.2, 0.25) is 0 Å². The Kier molecular flexibility index (Phi) is 5.55. The zero-order valence-corrected chi connectivity index (χ0v) is 17.2. The summed E-state index contributed by atoms with van der Waals surface area (Å²) in [6.45, 7) is 0. The van der Waals surface area contributed by atoms with E-state index in [2.05, 4.69) is 4.72 Å². The molecule has 0 fully saturated rings. The average molecular weight is 447 g/mol. The fourth-order valence-electron chi connectivity index (χ4n) is 2.82. The number of aromatic hydroxyl groups is 1. The second kappa shape index (κ2) is 7.81. The molecule has 0 bridgehead atoms. The van der Waals surface area contributed by atoms with Gasteiger partial charge < -0.3 is 10.2 Å². The third kappa shape index (κ3) is 4.44. The number of anilines is 1. The number of sulfone groups is 1. The maximum atomic E-state index is 13.0. The number of aromatic carboxylic acids is 1. The second-order valence-corrected chi connectivity index (χ2v) is 10.1. The first-order valence-electron chi connectivity index (χ1n) is 8.48.